The monoisotopic (exact) mass is 290 g/mol. The Morgan fingerprint density at radius 1 is 1.38 bits per heavy atom. The zero-order chi connectivity index (χ0) is 15.2. The van der Waals surface area contributed by atoms with Gasteiger partial charge in [-0.15, -0.1) is 0 Å². The van der Waals surface area contributed by atoms with Gasteiger partial charge in [-0.05, 0) is 32.3 Å². The van der Waals surface area contributed by atoms with E-state index in [9.17, 15) is 4.79 Å². The van der Waals surface area contributed by atoms with Gasteiger partial charge in [-0.3, -0.25) is 14.6 Å². The zero-order valence-corrected chi connectivity index (χ0v) is 12.8. The molecule has 0 spiro atoms. The number of H-pyrrole nitrogens is 1. The summed E-state index contributed by atoms with van der Waals surface area (Å²) in [7, 11) is 1.93. The summed E-state index contributed by atoms with van der Waals surface area (Å²) >= 11 is 0. The van der Waals surface area contributed by atoms with Crippen molar-refractivity contribution in [2.75, 3.05) is 6.54 Å². The highest BCUT2D eigenvalue weighted by Gasteiger charge is 2.11. The van der Waals surface area contributed by atoms with Crippen LogP contribution < -0.4 is 5.32 Å². The molecule has 0 unspecified atom stereocenters. The van der Waals surface area contributed by atoms with E-state index < -0.39 is 0 Å². The average Bonchev–Trinajstić information content (AvgIpc) is 3.03. The molecule has 0 aliphatic heterocycles. The van der Waals surface area contributed by atoms with Crippen LogP contribution >= 0.6 is 0 Å². The molecule has 0 fully saturated rings. The number of aromatic amines is 1. The fourth-order valence-electron chi connectivity index (χ4n) is 2.34. The summed E-state index contributed by atoms with van der Waals surface area (Å²) in [5.74, 6) is 0.932. The maximum atomic E-state index is 11.8. The SMILES string of the molecule is Cc1nn(C)c(C)c1CCC(=O)NCCCc1ncn[nH]1. The number of hydrogen-bond acceptors (Lipinski definition) is 4. The lowest BCUT2D eigenvalue weighted by atomic mass is 10.1. The van der Waals surface area contributed by atoms with Gasteiger partial charge in [0.1, 0.15) is 12.2 Å². The summed E-state index contributed by atoms with van der Waals surface area (Å²) in [4.78, 5) is 15.9. The Hall–Kier alpha value is -2.18. The smallest absolute Gasteiger partial charge is 0.220 e. The second-order valence-corrected chi connectivity index (χ2v) is 5.16. The van der Waals surface area contributed by atoms with Gasteiger partial charge in [-0.2, -0.15) is 10.2 Å². The molecule has 2 aromatic rings. The topological polar surface area (TPSA) is 88.5 Å². The van der Waals surface area contributed by atoms with E-state index in [0.717, 1.165) is 36.5 Å². The second-order valence-electron chi connectivity index (χ2n) is 5.16. The van der Waals surface area contributed by atoms with Crippen LogP contribution in [0.2, 0.25) is 0 Å². The van der Waals surface area contributed by atoms with Gasteiger partial charge in [0.05, 0.1) is 5.69 Å². The number of carbonyl (C=O) groups excluding carboxylic acids is 1. The Bertz CT molecular complexity index is 587. The molecule has 0 aliphatic rings. The number of nitrogens with zero attached hydrogens (tertiary/aromatic N) is 4. The van der Waals surface area contributed by atoms with Crippen molar-refractivity contribution in [1.29, 1.82) is 0 Å². The van der Waals surface area contributed by atoms with Crippen LogP contribution in [0.3, 0.4) is 0 Å². The molecular weight excluding hydrogens is 268 g/mol. The van der Waals surface area contributed by atoms with Crippen LogP contribution in [-0.2, 0) is 24.7 Å². The molecule has 1 amide bonds. The summed E-state index contributed by atoms with van der Waals surface area (Å²) in [5, 5.41) is 13.9. The van der Waals surface area contributed by atoms with Crippen LogP contribution in [0.15, 0.2) is 6.33 Å². The van der Waals surface area contributed by atoms with Crippen LogP contribution in [0.4, 0.5) is 0 Å². The molecule has 0 bridgehead atoms. The van der Waals surface area contributed by atoms with Crippen molar-refractivity contribution < 1.29 is 4.79 Å². The molecular formula is C14H22N6O. The Labute approximate surface area is 124 Å². The summed E-state index contributed by atoms with van der Waals surface area (Å²) < 4.78 is 1.86. The molecule has 0 radical (unpaired) electrons. The Kier molecular flexibility index (Phi) is 5.08. The molecule has 7 nitrogen and oxygen atoms in total. The highest BCUT2D eigenvalue weighted by Crippen LogP contribution is 2.13. The molecule has 2 heterocycles. The summed E-state index contributed by atoms with van der Waals surface area (Å²) in [5.41, 5.74) is 3.31. The number of carbonyl (C=O) groups is 1. The predicted octanol–water partition coefficient (Wildman–Crippen LogP) is 0.837. The highest BCUT2D eigenvalue weighted by molar-refractivity contribution is 5.76. The molecule has 2 aromatic heterocycles. The fourth-order valence-corrected chi connectivity index (χ4v) is 2.34. The van der Waals surface area contributed by atoms with Crippen molar-refractivity contribution in [2.45, 2.75) is 39.5 Å². The zero-order valence-electron chi connectivity index (χ0n) is 12.8. The number of rotatable bonds is 7. The molecule has 0 atom stereocenters. The molecule has 7 heteroatoms. The van der Waals surface area contributed by atoms with Crippen molar-refractivity contribution >= 4 is 5.91 Å². The quantitative estimate of drug-likeness (QED) is 0.739. The Balaban J connectivity index is 1.67. The normalized spacial score (nSPS) is 10.8. The number of nitrogens with one attached hydrogen (secondary N) is 2. The first kappa shape index (κ1) is 15.2. The van der Waals surface area contributed by atoms with E-state index in [1.165, 1.54) is 11.9 Å². The van der Waals surface area contributed by atoms with E-state index in [4.69, 9.17) is 0 Å². The largest absolute Gasteiger partial charge is 0.356 e. The predicted molar refractivity (Wildman–Crippen MR) is 78.7 cm³/mol. The van der Waals surface area contributed by atoms with Crippen molar-refractivity contribution in [3.8, 4) is 0 Å². The van der Waals surface area contributed by atoms with Gasteiger partial charge in [0.25, 0.3) is 0 Å². The van der Waals surface area contributed by atoms with E-state index in [1.807, 2.05) is 25.6 Å². The molecule has 21 heavy (non-hydrogen) atoms. The van der Waals surface area contributed by atoms with Crippen LogP contribution in [-0.4, -0.2) is 37.4 Å². The number of aromatic nitrogens is 5. The maximum absolute atomic E-state index is 11.8. The van der Waals surface area contributed by atoms with Gasteiger partial charge in [-0.25, -0.2) is 4.98 Å². The minimum Gasteiger partial charge on any atom is -0.356 e. The lowest BCUT2D eigenvalue weighted by Gasteiger charge is -2.05. The van der Waals surface area contributed by atoms with Gasteiger partial charge in [0.2, 0.25) is 5.91 Å². The Morgan fingerprint density at radius 3 is 2.81 bits per heavy atom. The molecule has 0 saturated carbocycles. The fraction of sp³-hybridized carbons (Fsp3) is 0.571. The van der Waals surface area contributed by atoms with E-state index in [1.54, 1.807) is 0 Å². The minimum atomic E-state index is 0.0789. The number of amides is 1. The van der Waals surface area contributed by atoms with Crippen LogP contribution in [0.5, 0.6) is 0 Å². The third kappa shape index (κ3) is 4.14. The molecule has 2 rings (SSSR count). The summed E-state index contributed by atoms with van der Waals surface area (Å²) in [6, 6.07) is 0. The molecule has 0 saturated heterocycles. The van der Waals surface area contributed by atoms with E-state index in [2.05, 4.69) is 25.6 Å². The van der Waals surface area contributed by atoms with E-state index in [-0.39, 0.29) is 5.91 Å². The van der Waals surface area contributed by atoms with Crippen LogP contribution in [0.1, 0.15) is 35.6 Å². The molecule has 0 aromatic carbocycles. The first-order valence-corrected chi connectivity index (χ1v) is 7.18. The van der Waals surface area contributed by atoms with E-state index >= 15 is 0 Å². The highest BCUT2D eigenvalue weighted by atomic mass is 16.1. The second kappa shape index (κ2) is 7.01. The minimum absolute atomic E-state index is 0.0789. The van der Waals surface area contributed by atoms with Crippen LogP contribution in [0.25, 0.3) is 0 Å². The lowest BCUT2D eigenvalue weighted by molar-refractivity contribution is -0.121. The van der Waals surface area contributed by atoms with Gasteiger partial charge >= 0.3 is 0 Å². The van der Waals surface area contributed by atoms with Gasteiger partial charge in [0, 0.05) is 32.1 Å². The molecule has 0 aliphatic carbocycles. The van der Waals surface area contributed by atoms with Crippen molar-refractivity contribution in [2.24, 2.45) is 7.05 Å². The van der Waals surface area contributed by atoms with Gasteiger partial charge < -0.3 is 5.32 Å². The van der Waals surface area contributed by atoms with Crippen molar-refractivity contribution in [1.82, 2.24) is 30.3 Å². The number of aryl methyl sites for hydroxylation is 3. The molecule has 2 N–H and O–H groups in total. The average molecular weight is 290 g/mol. The van der Waals surface area contributed by atoms with Crippen LogP contribution in [0, 0.1) is 13.8 Å². The van der Waals surface area contributed by atoms with Gasteiger partial charge in [0.15, 0.2) is 0 Å². The lowest BCUT2D eigenvalue weighted by Crippen LogP contribution is -2.25. The number of hydrogen-bond donors (Lipinski definition) is 2. The molecule has 114 valence electrons. The third-order valence-electron chi connectivity index (χ3n) is 3.64. The van der Waals surface area contributed by atoms with Crippen molar-refractivity contribution in [3.63, 3.8) is 0 Å². The first-order chi connectivity index (χ1) is 10.1. The summed E-state index contributed by atoms with van der Waals surface area (Å²) in [6.45, 7) is 4.67. The maximum Gasteiger partial charge on any atom is 0.220 e. The van der Waals surface area contributed by atoms with Crippen molar-refractivity contribution in [3.05, 3.63) is 29.1 Å². The first-order valence-electron chi connectivity index (χ1n) is 7.18. The Morgan fingerprint density at radius 2 is 2.19 bits per heavy atom. The third-order valence-corrected chi connectivity index (χ3v) is 3.64. The van der Waals surface area contributed by atoms with E-state index in [0.29, 0.717) is 13.0 Å². The summed E-state index contributed by atoms with van der Waals surface area (Å²) in [6.07, 6.45) is 4.37. The van der Waals surface area contributed by atoms with Gasteiger partial charge in [-0.1, -0.05) is 0 Å². The standard InChI is InChI=1S/C14H22N6O/c1-10-12(11(2)20(3)19-10)6-7-14(21)15-8-4-5-13-16-9-17-18-13/h9H,4-8H2,1-3H3,(H,15,21)(H,16,17,18).